The fourth-order valence-corrected chi connectivity index (χ4v) is 1.84. The normalized spacial score (nSPS) is 11.1. The second-order valence-corrected chi connectivity index (χ2v) is 4.89. The number of aromatic amines is 1. The predicted molar refractivity (Wildman–Crippen MR) is 75.9 cm³/mol. The molecule has 1 amide bonds. The van der Waals surface area contributed by atoms with Crippen molar-refractivity contribution in [3.8, 4) is 0 Å². The predicted octanol–water partition coefficient (Wildman–Crippen LogP) is 1.22. The zero-order valence-electron chi connectivity index (χ0n) is 11.4. The number of hydrogen-bond acceptors (Lipinski definition) is 3. The minimum absolute atomic E-state index is 0.0383. The summed E-state index contributed by atoms with van der Waals surface area (Å²) in [5, 5.41) is 5.99. The van der Waals surface area contributed by atoms with Crippen LogP contribution in [0.15, 0.2) is 24.5 Å². The molecule has 3 N–H and O–H groups in total. The summed E-state index contributed by atoms with van der Waals surface area (Å²) >= 11 is 0. The highest BCUT2D eigenvalue weighted by molar-refractivity contribution is 5.78. The number of amides is 1. The molecule has 102 valence electrons. The van der Waals surface area contributed by atoms with Crippen LogP contribution in [0.5, 0.6) is 0 Å². The fourth-order valence-electron chi connectivity index (χ4n) is 1.84. The average molecular weight is 260 g/mol. The summed E-state index contributed by atoms with van der Waals surface area (Å²) in [6, 6.07) is 6.43. The highest BCUT2D eigenvalue weighted by Gasteiger charge is 2.02. The number of nitrogens with one attached hydrogen (secondary N) is 3. The number of fused-ring (bicyclic) bond motifs is 1. The van der Waals surface area contributed by atoms with Gasteiger partial charge in [-0.15, -0.1) is 0 Å². The van der Waals surface area contributed by atoms with Crippen LogP contribution in [0.4, 0.5) is 0 Å². The Morgan fingerprint density at radius 3 is 3.05 bits per heavy atom. The van der Waals surface area contributed by atoms with Gasteiger partial charge in [-0.05, 0) is 24.1 Å². The van der Waals surface area contributed by atoms with E-state index in [1.165, 1.54) is 5.56 Å². The molecule has 1 aromatic carbocycles. The molecule has 0 radical (unpaired) electrons. The van der Waals surface area contributed by atoms with Crippen molar-refractivity contribution in [2.75, 3.05) is 13.1 Å². The van der Waals surface area contributed by atoms with E-state index < -0.39 is 0 Å². The van der Waals surface area contributed by atoms with Crippen LogP contribution in [-0.4, -0.2) is 35.0 Å². The number of aromatic nitrogens is 2. The number of hydrogen-bond donors (Lipinski definition) is 3. The minimum Gasteiger partial charge on any atom is -0.355 e. The summed E-state index contributed by atoms with van der Waals surface area (Å²) in [5.41, 5.74) is 3.19. The molecule has 2 aromatic rings. The van der Waals surface area contributed by atoms with Crippen molar-refractivity contribution in [2.24, 2.45) is 0 Å². The lowest BCUT2D eigenvalue weighted by molar-refractivity contribution is -0.120. The zero-order chi connectivity index (χ0) is 13.7. The van der Waals surface area contributed by atoms with E-state index in [2.05, 4.69) is 26.7 Å². The Balaban J connectivity index is 1.77. The molecule has 0 spiro atoms. The van der Waals surface area contributed by atoms with Crippen molar-refractivity contribution >= 4 is 16.9 Å². The lowest BCUT2D eigenvalue weighted by Crippen LogP contribution is -2.37. The third-order valence-electron chi connectivity index (χ3n) is 2.89. The fraction of sp³-hybridized carbons (Fsp3) is 0.429. The van der Waals surface area contributed by atoms with E-state index in [4.69, 9.17) is 0 Å². The first-order valence-electron chi connectivity index (χ1n) is 6.57. The van der Waals surface area contributed by atoms with Crippen molar-refractivity contribution in [3.05, 3.63) is 30.1 Å². The molecule has 5 heteroatoms. The Bertz CT molecular complexity index is 547. The van der Waals surface area contributed by atoms with Gasteiger partial charge in [0, 0.05) is 12.6 Å². The lowest BCUT2D eigenvalue weighted by Gasteiger charge is -2.08. The molecule has 5 nitrogen and oxygen atoms in total. The maximum absolute atomic E-state index is 11.5. The van der Waals surface area contributed by atoms with Crippen LogP contribution >= 0.6 is 0 Å². The van der Waals surface area contributed by atoms with Crippen LogP contribution in [0.3, 0.4) is 0 Å². The van der Waals surface area contributed by atoms with Gasteiger partial charge in [-0.25, -0.2) is 4.98 Å². The largest absolute Gasteiger partial charge is 0.355 e. The molecule has 1 heterocycles. The average Bonchev–Trinajstić information content (AvgIpc) is 2.83. The van der Waals surface area contributed by atoms with Crippen molar-refractivity contribution < 1.29 is 4.79 Å². The molecule has 0 aliphatic heterocycles. The van der Waals surface area contributed by atoms with Gasteiger partial charge in [0.25, 0.3) is 0 Å². The van der Waals surface area contributed by atoms with Crippen LogP contribution in [0.2, 0.25) is 0 Å². The van der Waals surface area contributed by atoms with Crippen LogP contribution in [-0.2, 0) is 11.2 Å². The third-order valence-corrected chi connectivity index (χ3v) is 2.89. The molecule has 1 aromatic heterocycles. The SMILES string of the molecule is CC(C)NCC(=O)NCCc1ccc2nc[nH]c2c1. The van der Waals surface area contributed by atoms with Crippen LogP contribution < -0.4 is 10.6 Å². The quantitative estimate of drug-likeness (QED) is 0.731. The molecule has 0 fully saturated rings. The number of imidazole rings is 1. The van der Waals surface area contributed by atoms with E-state index in [-0.39, 0.29) is 5.91 Å². The zero-order valence-corrected chi connectivity index (χ0v) is 11.4. The van der Waals surface area contributed by atoms with Crippen molar-refractivity contribution in [1.82, 2.24) is 20.6 Å². The Morgan fingerprint density at radius 1 is 1.42 bits per heavy atom. The van der Waals surface area contributed by atoms with Gasteiger partial charge in [0.15, 0.2) is 0 Å². The lowest BCUT2D eigenvalue weighted by atomic mass is 10.1. The first kappa shape index (κ1) is 13.5. The van der Waals surface area contributed by atoms with E-state index in [1.54, 1.807) is 6.33 Å². The molecule has 0 saturated carbocycles. The van der Waals surface area contributed by atoms with Gasteiger partial charge in [-0.2, -0.15) is 0 Å². The third kappa shape index (κ3) is 4.06. The van der Waals surface area contributed by atoms with Gasteiger partial charge in [0.2, 0.25) is 5.91 Å². The van der Waals surface area contributed by atoms with Crippen LogP contribution in [0, 0.1) is 0 Å². The van der Waals surface area contributed by atoms with Gasteiger partial charge in [0.1, 0.15) is 0 Å². The maximum Gasteiger partial charge on any atom is 0.233 e. The Morgan fingerprint density at radius 2 is 2.26 bits per heavy atom. The standard InChI is InChI=1S/C14H20N4O/c1-10(2)16-8-14(19)15-6-5-11-3-4-12-13(7-11)18-9-17-12/h3-4,7,9-10,16H,5-6,8H2,1-2H3,(H,15,19)(H,17,18). The maximum atomic E-state index is 11.5. The smallest absolute Gasteiger partial charge is 0.233 e. The molecule has 0 atom stereocenters. The van der Waals surface area contributed by atoms with E-state index in [0.29, 0.717) is 19.1 Å². The molecular weight excluding hydrogens is 240 g/mol. The number of benzene rings is 1. The first-order chi connectivity index (χ1) is 9.15. The summed E-state index contributed by atoms with van der Waals surface area (Å²) in [7, 11) is 0. The Hall–Kier alpha value is -1.88. The van der Waals surface area contributed by atoms with Crippen LogP contribution in [0.25, 0.3) is 11.0 Å². The summed E-state index contributed by atoms with van der Waals surface area (Å²) in [4.78, 5) is 18.8. The van der Waals surface area contributed by atoms with Gasteiger partial charge in [0.05, 0.1) is 23.9 Å². The number of rotatable bonds is 6. The summed E-state index contributed by atoms with van der Waals surface area (Å²) < 4.78 is 0. The van der Waals surface area contributed by atoms with E-state index in [9.17, 15) is 4.79 Å². The van der Waals surface area contributed by atoms with Gasteiger partial charge >= 0.3 is 0 Å². The summed E-state index contributed by atoms with van der Waals surface area (Å²) in [5.74, 6) is 0.0383. The second-order valence-electron chi connectivity index (χ2n) is 4.89. The molecule has 0 aliphatic rings. The summed E-state index contributed by atoms with van der Waals surface area (Å²) in [6.45, 7) is 5.06. The number of carbonyl (C=O) groups excluding carboxylic acids is 1. The number of nitrogens with zero attached hydrogens (tertiary/aromatic N) is 1. The van der Waals surface area contributed by atoms with E-state index in [0.717, 1.165) is 17.5 Å². The summed E-state index contributed by atoms with van der Waals surface area (Å²) in [6.07, 6.45) is 2.51. The van der Waals surface area contributed by atoms with E-state index >= 15 is 0 Å². The minimum atomic E-state index is 0.0383. The van der Waals surface area contributed by atoms with Crippen molar-refractivity contribution in [2.45, 2.75) is 26.3 Å². The highest BCUT2D eigenvalue weighted by Crippen LogP contribution is 2.11. The second kappa shape index (κ2) is 6.33. The number of H-pyrrole nitrogens is 1. The topological polar surface area (TPSA) is 69.8 Å². The monoisotopic (exact) mass is 260 g/mol. The molecule has 19 heavy (non-hydrogen) atoms. The van der Waals surface area contributed by atoms with E-state index in [1.807, 2.05) is 26.0 Å². The van der Waals surface area contributed by atoms with Gasteiger partial charge in [-0.1, -0.05) is 19.9 Å². The molecular formula is C14H20N4O. The van der Waals surface area contributed by atoms with Crippen molar-refractivity contribution in [3.63, 3.8) is 0 Å². The van der Waals surface area contributed by atoms with Gasteiger partial charge in [-0.3, -0.25) is 4.79 Å². The Labute approximate surface area is 112 Å². The molecule has 0 bridgehead atoms. The number of carbonyl (C=O) groups is 1. The van der Waals surface area contributed by atoms with Crippen molar-refractivity contribution in [1.29, 1.82) is 0 Å². The van der Waals surface area contributed by atoms with Gasteiger partial charge < -0.3 is 15.6 Å². The Kier molecular flexibility index (Phi) is 4.52. The molecule has 2 rings (SSSR count). The highest BCUT2D eigenvalue weighted by atomic mass is 16.1. The molecule has 0 aliphatic carbocycles. The first-order valence-corrected chi connectivity index (χ1v) is 6.57. The van der Waals surface area contributed by atoms with Crippen LogP contribution in [0.1, 0.15) is 19.4 Å². The molecule has 0 saturated heterocycles. The molecule has 0 unspecified atom stereocenters.